The van der Waals surface area contributed by atoms with E-state index < -0.39 is 0 Å². The summed E-state index contributed by atoms with van der Waals surface area (Å²) in [6.07, 6.45) is 2.49. The Kier molecular flexibility index (Phi) is 5.29. The number of benzene rings is 1. The van der Waals surface area contributed by atoms with Crippen molar-refractivity contribution < 1.29 is 4.39 Å². The Morgan fingerprint density at radius 3 is 2.55 bits per heavy atom. The monoisotopic (exact) mass is 338 g/mol. The summed E-state index contributed by atoms with van der Waals surface area (Å²) < 4.78 is 14.3. The third-order valence-corrected chi connectivity index (χ3v) is 3.49. The molecule has 2 aromatic rings. The average Bonchev–Trinajstić information content (AvgIpc) is 2.46. The highest BCUT2D eigenvalue weighted by molar-refractivity contribution is 9.10. The van der Waals surface area contributed by atoms with Crippen LogP contribution in [0.4, 0.5) is 16.0 Å². The number of anilines is 2. The van der Waals surface area contributed by atoms with Crippen LogP contribution in [-0.4, -0.2) is 16.5 Å². The van der Waals surface area contributed by atoms with Gasteiger partial charge in [-0.1, -0.05) is 25.1 Å². The van der Waals surface area contributed by atoms with Crippen LogP contribution in [0.15, 0.2) is 35.1 Å². The van der Waals surface area contributed by atoms with Gasteiger partial charge in [-0.05, 0) is 28.4 Å². The Balaban J connectivity index is 2.08. The fourth-order valence-corrected chi connectivity index (χ4v) is 2.17. The molecular weight excluding hydrogens is 323 g/mol. The van der Waals surface area contributed by atoms with Gasteiger partial charge in [-0.15, -0.1) is 0 Å². The van der Waals surface area contributed by atoms with E-state index in [1.54, 1.807) is 12.1 Å². The lowest BCUT2D eigenvalue weighted by Gasteiger charge is -2.11. The van der Waals surface area contributed by atoms with Crippen molar-refractivity contribution in [3.8, 4) is 0 Å². The van der Waals surface area contributed by atoms with Gasteiger partial charge in [-0.2, -0.15) is 0 Å². The SMILES string of the molecule is CCCNc1ncnc(NCc2ccccc2F)c1Br. The summed E-state index contributed by atoms with van der Waals surface area (Å²) in [6.45, 7) is 3.29. The maximum Gasteiger partial charge on any atom is 0.146 e. The number of halogens is 2. The van der Waals surface area contributed by atoms with Crippen LogP contribution in [0.5, 0.6) is 0 Å². The smallest absolute Gasteiger partial charge is 0.146 e. The Morgan fingerprint density at radius 1 is 1.15 bits per heavy atom. The zero-order chi connectivity index (χ0) is 14.4. The van der Waals surface area contributed by atoms with Gasteiger partial charge >= 0.3 is 0 Å². The molecular formula is C14H16BrFN4. The van der Waals surface area contributed by atoms with E-state index in [1.165, 1.54) is 12.4 Å². The van der Waals surface area contributed by atoms with E-state index >= 15 is 0 Å². The quantitative estimate of drug-likeness (QED) is 0.840. The molecule has 0 aliphatic carbocycles. The summed E-state index contributed by atoms with van der Waals surface area (Å²) in [5.41, 5.74) is 0.598. The number of nitrogens with zero attached hydrogens (tertiary/aromatic N) is 2. The van der Waals surface area contributed by atoms with Crippen molar-refractivity contribution in [3.63, 3.8) is 0 Å². The van der Waals surface area contributed by atoms with Crippen LogP contribution in [-0.2, 0) is 6.54 Å². The second kappa shape index (κ2) is 7.19. The van der Waals surface area contributed by atoms with Crippen LogP contribution >= 0.6 is 15.9 Å². The molecule has 1 heterocycles. The van der Waals surface area contributed by atoms with Gasteiger partial charge < -0.3 is 10.6 Å². The standard InChI is InChI=1S/C14H16BrFN4/c1-2-7-17-13-12(15)14(20-9-19-13)18-8-10-5-3-4-6-11(10)16/h3-6,9H,2,7-8H2,1H3,(H2,17,18,19,20). The van der Waals surface area contributed by atoms with Crippen LogP contribution < -0.4 is 10.6 Å². The molecule has 0 atom stereocenters. The Labute approximate surface area is 126 Å². The van der Waals surface area contributed by atoms with Crippen LogP contribution in [0.25, 0.3) is 0 Å². The van der Waals surface area contributed by atoms with Gasteiger partial charge in [0.15, 0.2) is 0 Å². The summed E-state index contributed by atoms with van der Waals surface area (Å²) >= 11 is 3.46. The van der Waals surface area contributed by atoms with E-state index in [9.17, 15) is 4.39 Å². The Hall–Kier alpha value is -1.69. The summed E-state index contributed by atoms with van der Waals surface area (Å²) in [5, 5.41) is 6.31. The molecule has 0 unspecified atom stereocenters. The van der Waals surface area contributed by atoms with E-state index in [4.69, 9.17) is 0 Å². The van der Waals surface area contributed by atoms with Crippen LogP contribution in [0, 0.1) is 5.82 Å². The molecule has 0 saturated carbocycles. The summed E-state index contributed by atoms with van der Waals surface area (Å²) in [4.78, 5) is 8.33. The normalized spacial score (nSPS) is 10.3. The molecule has 0 aliphatic rings. The van der Waals surface area contributed by atoms with E-state index in [0.717, 1.165) is 23.3 Å². The van der Waals surface area contributed by atoms with Crippen molar-refractivity contribution in [2.45, 2.75) is 19.9 Å². The molecule has 4 nitrogen and oxygen atoms in total. The maximum absolute atomic E-state index is 13.5. The highest BCUT2D eigenvalue weighted by Crippen LogP contribution is 2.26. The minimum Gasteiger partial charge on any atom is -0.369 e. The van der Waals surface area contributed by atoms with E-state index in [0.29, 0.717) is 17.9 Å². The fourth-order valence-electron chi connectivity index (χ4n) is 1.68. The lowest BCUT2D eigenvalue weighted by molar-refractivity contribution is 0.613. The van der Waals surface area contributed by atoms with E-state index in [-0.39, 0.29) is 5.82 Å². The third kappa shape index (κ3) is 3.66. The highest BCUT2D eigenvalue weighted by atomic mass is 79.9. The van der Waals surface area contributed by atoms with Crippen LogP contribution in [0.2, 0.25) is 0 Å². The summed E-state index contributed by atoms with van der Waals surface area (Å²) in [7, 11) is 0. The second-order valence-electron chi connectivity index (χ2n) is 4.26. The molecule has 6 heteroatoms. The molecule has 2 N–H and O–H groups in total. The fraction of sp³-hybridized carbons (Fsp3) is 0.286. The summed E-state index contributed by atoms with van der Waals surface area (Å²) in [5.74, 6) is 1.15. The van der Waals surface area contributed by atoms with Gasteiger partial charge in [0.2, 0.25) is 0 Å². The molecule has 20 heavy (non-hydrogen) atoms. The molecule has 2 rings (SSSR count). The molecule has 1 aromatic carbocycles. The van der Waals surface area contributed by atoms with Crippen molar-refractivity contribution in [2.75, 3.05) is 17.2 Å². The first-order valence-electron chi connectivity index (χ1n) is 6.44. The molecule has 0 aliphatic heterocycles. The van der Waals surface area contributed by atoms with Gasteiger partial charge in [0.25, 0.3) is 0 Å². The number of nitrogens with one attached hydrogen (secondary N) is 2. The molecule has 0 amide bonds. The van der Waals surface area contributed by atoms with Crippen LogP contribution in [0.3, 0.4) is 0 Å². The Morgan fingerprint density at radius 2 is 1.85 bits per heavy atom. The molecule has 0 saturated heterocycles. The van der Waals surface area contributed by atoms with Gasteiger partial charge in [0.05, 0.1) is 0 Å². The number of hydrogen-bond donors (Lipinski definition) is 2. The minimum absolute atomic E-state index is 0.227. The van der Waals surface area contributed by atoms with Crippen molar-refractivity contribution in [2.24, 2.45) is 0 Å². The zero-order valence-electron chi connectivity index (χ0n) is 11.2. The minimum atomic E-state index is -0.227. The first-order valence-corrected chi connectivity index (χ1v) is 7.23. The average molecular weight is 339 g/mol. The summed E-state index contributed by atoms with van der Waals surface area (Å²) in [6, 6.07) is 6.67. The van der Waals surface area contributed by atoms with Gasteiger partial charge in [0.1, 0.15) is 28.3 Å². The zero-order valence-corrected chi connectivity index (χ0v) is 12.7. The first-order chi connectivity index (χ1) is 9.72. The molecule has 0 spiro atoms. The second-order valence-corrected chi connectivity index (χ2v) is 5.05. The van der Waals surface area contributed by atoms with Crippen molar-refractivity contribution in [3.05, 3.63) is 46.4 Å². The van der Waals surface area contributed by atoms with E-state index in [1.807, 2.05) is 6.07 Å². The number of aromatic nitrogens is 2. The number of hydrogen-bond acceptors (Lipinski definition) is 4. The Bertz CT molecular complexity index is 577. The maximum atomic E-state index is 13.5. The topological polar surface area (TPSA) is 49.8 Å². The molecule has 0 bridgehead atoms. The van der Waals surface area contributed by atoms with Gasteiger partial charge in [-0.25, -0.2) is 14.4 Å². The van der Waals surface area contributed by atoms with Gasteiger partial charge in [-0.3, -0.25) is 0 Å². The largest absolute Gasteiger partial charge is 0.369 e. The molecule has 0 fully saturated rings. The molecule has 0 radical (unpaired) electrons. The van der Waals surface area contributed by atoms with Crippen molar-refractivity contribution in [1.29, 1.82) is 0 Å². The predicted molar refractivity (Wildman–Crippen MR) is 82.2 cm³/mol. The highest BCUT2D eigenvalue weighted by Gasteiger charge is 2.08. The molecule has 106 valence electrons. The predicted octanol–water partition coefficient (Wildman–Crippen LogP) is 3.81. The lowest BCUT2D eigenvalue weighted by Crippen LogP contribution is -2.08. The van der Waals surface area contributed by atoms with E-state index in [2.05, 4.69) is 43.5 Å². The number of rotatable bonds is 6. The molecule has 1 aromatic heterocycles. The van der Waals surface area contributed by atoms with Crippen molar-refractivity contribution in [1.82, 2.24) is 9.97 Å². The third-order valence-electron chi connectivity index (χ3n) is 2.74. The van der Waals surface area contributed by atoms with Gasteiger partial charge in [0, 0.05) is 18.7 Å². The first kappa shape index (κ1) is 14.7. The lowest BCUT2D eigenvalue weighted by atomic mass is 10.2. The van der Waals surface area contributed by atoms with Crippen molar-refractivity contribution >= 4 is 27.6 Å². The van der Waals surface area contributed by atoms with Crippen LogP contribution in [0.1, 0.15) is 18.9 Å².